The van der Waals surface area contributed by atoms with Gasteiger partial charge in [0.05, 0.1) is 10.7 Å². The highest BCUT2D eigenvalue weighted by atomic mass is 35.5. The summed E-state index contributed by atoms with van der Waals surface area (Å²) in [6, 6.07) is 7.94. The van der Waals surface area contributed by atoms with Crippen molar-refractivity contribution in [2.24, 2.45) is 0 Å². The predicted octanol–water partition coefficient (Wildman–Crippen LogP) is 3.66. The number of benzene rings is 1. The van der Waals surface area contributed by atoms with Crippen LogP contribution < -0.4 is 4.90 Å². The molecule has 0 spiro atoms. The molecule has 108 valence electrons. The summed E-state index contributed by atoms with van der Waals surface area (Å²) in [5.41, 5.74) is 1.17. The van der Waals surface area contributed by atoms with Crippen molar-refractivity contribution >= 4 is 35.0 Å². The minimum absolute atomic E-state index is 0.176. The van der Waals surface area contributed by atoms with Gasteiger partial charge in [-0.1, -0.05) is 30.7 Å². The Balaban J connectivity index is 2.02. The van der Waals surface area contributed by atoms with Crippen molar-refractivity contribution in [1.29, 1.82) is 0 Å². The van der Waals surface area contributed by atoms with E-state index in [2.05, 4.69) is 16.9 Å². The molecule has 0 N–H and O–H groups in total. The fourth-order valence-electron chi connectivity index (χ4n) is 2.30. The van der Waals surface area contributed by atoms with Crippen molar-refractivity contribution in [2.45, 2.75) is 23.5 Å². The maximum atomic E-state index is 12.8. The normalized spacial score (nSPS) is 18.0. The van der Waals surface area contributed by atoms with Gasteiger partial charge in [-0.25, -0.2) is 9.97 Å². The van der Waals surface area contributed by atoms with Crippen molar-refractivity contribution in [3.8, 4) is 0 Å². The van der Waals surface area contributed by atoms with Gasteiger partial charge in [-0.05, 0) is 18.6 Å². The summed E-state index contributed by atoms with van der Waals surface area (Å²) in [6.07, 6.45) is 3.72. The molecule has 0 saturated carbocycles. The van der Waals surface area contributed by atoms with Gasteiger partial charge in [-0.2, -0.15) is 0 Å². The third-order valence-electron chi connectivity index (χ3n) is 3.36. The van der Waals surface area contributed by atoms with E-state index >= 15 is 0 Å². The van der Waals surface area contributed by atoms with Crippen LogP contribution >= 0.6 is 23.4 Å². The molecule has 0 bridgehead atoms. The highest BCUT2D eigenvalue weighted by Gasteiger charge is 2.26. The van der Waals surface area contributed by atoms with Crippen molar-refractivity contribution in [2.75, 3.05) is 11.4 Å². The number of halogens is 1. The Morgan fingerprint density at radius 2 is 2.24 bits per heavy atom. The molecule has 2 heterocycles. The first kappa shape index (κ1) is 14.4. The molecule has 1 aromatic heterocycles. The van der Waals surface area contributed by atoms with Crippen LogP contribution in [0.2, 0.25) is 5.02 Å². The third-order valence-corrected chi connectivity index (χ3v) is 4.87. The van der Waals surface area contributed by atoms with E-state index < -0.39 is 0 Å². The van der Waals surface area contributed by atoms with Crippen LogP contribution in [0, 0.1) is 0 Å². The Morgan fingerprint density at radius 1 is 1.43 bits per heavy atom. The molecule has 0 aliphatic carbocycles. The first-order chi connectivity index (χ1) is 10.2. The number of thioether (sulfide) groups is 1. The fraction of sp³-hybridized carbons (Fsp3) is 0.267. The molecule has 3 rings (SSSR count). The number of carbonyl (C=O) groups is 1. The summed E-state index contributed by atoms with van der Waals surface area (Å²) in [5, 5.41) is 0.745. The highest BCUT2D eigenvalue weighted by Crippen LogP contribution is 2.37. The summed E-state index contributed by atoms with van der Waals surface area (Å²) in [6.45, 7) is 2.83. The first-order valence-corrected chi connectivity index (χ1v) is 7.95. The van der Waals surface area contributed by atoms with Crippen LogP contribution in [0.15, 0.2) is 41.7 Å². The molecule has 21 heavy (non-hydrogen) atoms. The first-order valence-electron chi connectivity index (χ1n) is 6.70. The maximum Gasteiger partial charge on any atom is 0.278 e. The number of fused-ring (bicyclic) bond motifs is 1. The SMILES string of the molecule is CC1CCN(C(=O)c2ncncc2Cl)c2ccccc2S1. The van der Waals surface area contributed by atoms with E-state index in [1.807, 2.05) is 24.3 Å². The lowest BCUT2D eigenvalue weighted by Crippen LogP contribution is -2.33. The second-order valence-corrected chi connectivity index (χ2v) is 6.75. The van der Waals surface area contributed by atoms with Crippen LogP contribution in [0.4, 0.5) is 5.69 Å². The van der Waals surface area contributed by atoms with E-state index in [9.17, 15) is 4.79 Å². The van der Waals surface area contributed by atoms with Gasteiger partial charge in [0.25, 0.3) is 5.91 Å². The number of aromatic nitrogens is 2. The minimum atomic E-state index is -0.176. The highest BCUT2D eigenvalue weighted by molar-refractivity contribution is 8.00. The van der Waals surface area contributed by atoms with Gasteiger partial charge < -0.3 is 4.90 Å². The summed E-state index contributed by atoms with van der Waals surface area (Å²) in [4.78, 5) is 23.5. The second-order valence-electron chi connectivity index (χ2n) is 4.86. The van der Waals surface area contributed by atoms with Gasteiger partial charge in [0.15, 0.2) is 5.69 Å². The molecular weight excluding hydrogens is 306 g/mol. The zero-order valence-electron chi connectivity index (χ0n) is 11.5. The molecule has 2 aromatic rings. The largest absolute Gasteiger partial charge is 0.306 e. The zero-order chi connectivity index (χ0) is 14.8. The summed E-state index contributed by atoms with van der Waals surface area (Å²) in [5.74, 6) is -0.176. The van der Waals surface area contributed by atoms with E-state index in [1.165, 1.54) is 12.5 Å². The van der Waals surface area contributed by atoms with Gasteiger partial charge in [0.2, 0.25) is 0 Å². The molecule has 1 amide bonds. The Labute approximate surface area is 132 Å². The van der Waals surface area contributed by atoms with Crippen molar-refractivity contribution in [1.82, 2.24) is 9.97 Å². The molecule has 1 aliphatic rings. The van der Waals surface area contributed by atoms with Crippen LogP contribution in [0.3, 0.4) is 0 Å². The van der Waals surface area contributed by atoms with Crippen molar-refractivity contribution < 1.29 is 4.79 Å². The summed E-state index contributed by atoms with van der Waals surface area (Å²) in [7, 11) is 0. The van der Waals surface area contributed by atoms with Gasteiger partial charge in [0.1, 0.15) is 6.33 Å². The van der Waals surface area contributed by atoms with Crippen LogP contribution in [0.25, 0.3) is 0 Å². The molecule has 1 atom stereocenters. The predicted molar refractivity (Wildman–Crippen MR) is 85.1 cm³/mol. The van der Waals surface area contributed by atoms with Gasteiger partial charge in [-0.3, -0.25) is 4.79 Å². The van der Waals surface area contributed by atoms with E-state index in [-0.39, 0.29) is 16.6 Å². The Kier molecular flexibility index (Phi) is 4.12. The second kappa shape index (κ2) is 6.03. The van der Waals surface area contributed by atoms with Gasteiger partial charge in [0, 0.05) is 22.9 Å². The number of rotatable bonds is 1. The van der Waals surface area contributed by atoms with E-state index in [0.717, 1.165) is 17.0 Å². The lowest BCUT2D eigenvalue weighted by atomic mass is 10.2. The topological polar surface area (TPSA) is 46.1 Å². The standard InChI is InChI=1S/C15H14ClN3OS/c1-10-6-7-19(12-4-2-3-5-13(12)21-10)15(20)14-11(16)8-17-9-18-14/h2-5,8-10H,6-7H2,1H3. The van der Waals surface area contributed by atoms with E-state index in [4.69, 9.17) is 11.6 Å². The number of nitrogens with zero attached hydrogens (tertiary/aromatic N) is 3. The Bertz CT molecular complexity index is 679. The molecule has 0 radical (unpaired) electrons. The van der Waals surface area contributed by atoms with Crippen molar-refractivity contribution in [3.05, 3.63) is 47.5 Å². The lowest BCUT2D eigenvalue weighted by Gasteiger charge is -2.22. The summed E-state index contributed by atoms with van der Waals surface area (Å²) < 4.78 is 0. The zero-order valence-corrected chi connectivity index (χ0v) is 13.1. The molecule has 6 heteroatoms. The van der Waals surface area contributed by atoms with E-state index in [0.29, 0.717) is 11.8 Å². The third kappa shape index (κ3) is 2.89. The van der Waals surface area contributed by atoms with Crippen LogP contribution in [-0.4, -0.2) is 27.7 Å². The number of para-hydroxylation sites is 1. The van der Waals surface area contributed by atoms with Crippen LogP contribution in [0.5, 0.6) is 0 Å². The number of amides is 1. The molecular formula is C15H14ClN3OS. The average molecular weight is 320 g/mol. The Hall–Kier alpha value is -1.59. The molecule has 4 nitrogen and oxygen atoms in total. The van der Waals surface area contributed by atoms with Gasteiger partial charge >= 0.3 is 0 Å². The molecule has 1 unspecified atom stereocenters. The number of carbonyl (C=O) groups excluding carboxylic acids is 1. The van der Waals surface area contributed by atoms with Gasteiger partial charge in [-0.15, -0.1) is 11.8 Å². The quantitative estimate of drug-likeness (QED) is 0.804. The van der Waals surface area contributed by atoms with Crippen LogP contribution in [-0.2, 0) is 0 Å². The molecule has 1 aliphatic heterocycles. The molecule has 1 aromatic carbocycles. The van der Waals surface area contributed by atoms with Crippen LogP contribution in [0.1, 0.15) is 23.8 Å². The Morgan fingerprint density at radius 3 is 3.05 bits per heavy atom. The lowest BCUT2D eigenvalue weighted by molar-refractivity contribution is 0.0981. The molecule has 0 saturated heterocycles. The summed E-state index contributed by atoms with van der Waals surface area (Å²) >= 11 is 7.85. The number of hydrogen-bond donors (Lipinski definition) is 0. The monoisotopic (exact) mass is 319 g/mol. The smallest absolute Gasteiger partial charge is 0.278 e. The molecule has 0 fully saturated rings. The van der Waals surface area contributed by atoms with E-state index in [1.54, 1.807) is 16.7 Å². The maximum absolute atomic E-state index is 12.8. The average Bonchev–Trinajstić information content (AvgIpc) is 2.65. The minimum Gasteiger partial charge on any atom is -0.306 e. The van der Waals surface area contributed by atoms with Crippen molar-refractivity contribution in [3.63, 3.8) is 0 Å². The fourth-order valence-corrected chi connectivity index (χ4v) is 3.59. The number of anilines is 1. The number of hydrogen-bond acceptors (Lipinski definition) is 4.